The first-order chi connectivity index (χ1) is 8.61. The number of aromatic carboxylic acids is 1. The molecule has 1 atom stereocenters. The van der Waals surface area contributed by atoms with E-state index in [0.717, 1.165) is 36.9 Å². The molecule has 1 heterocycles. The quantitative estimate of drug-likeness (QED) is 0.785. The summed E-state index contributed by atoms with van der Waals surface area (Å²) in [4.78, 5) is 23.0. The number of carbonyl (C=O) groups is 2. The molecule has 0 saturated carbocycles. The summed E-state index contributed by atoms with van der Waals surface area (Å²) in [6.45, 7) is 0.761. The van der Waals surface area contributed by atoms with Crippen molar-refractivity contribution in [2.24, 2.45) is 5.41 Å². The molecule has 1 aromatic carbocycles. The number of rotatable bonds is 1. The molecule has 0 unspecified atom stereocenters. The largest absolute Gasteiger partial charge is 0.478 e. The number of hydrogen-bond acceptors (Lipinski definition) is 2. The molecule has 1 aliphatic carbocycles. The summed E-state index contributed by atoms with van der Waals surface area (Å²) in [5.41, 5.74) is 2.13. The van der Waals surface area contributed by atoms with Crippen LogP contribution in [0.5, 0.6) is 0 Å². The van der Waals surface area contributed by atoms with E-state index >= 15 is 0 Å². The van der Waals surface area contributed by atoms with E-state index in [4.69, 9.17) is 5.11 Å². The van der Waals surface area contributed by atoms with Gasteiger partial charge < -0.3 is 10.4 Å². The fourth-order valence-electron chi connectivity index (χ4n) is 3.15. The Morgan fingerprint density at radius 3 is 2.78 bits per heavy atom. The van der Waals surface area contributed by atoms with Crippen molar-refractivity contribution >= 4 is 11.9 Å². The van der Waals surface area contributed by atoms with Gasteiger partial charge in [-0.05, 0) is 48.9 Å². The van der Waals surface area contributed by atoms with E-state index in [1.165, 1.54) is 0 Å². The van der Waals surface area contributed by atoms with Crippen molar-refractivity contribution < 1.29 is 14.7 Å². The molecule has 18 heavy (non-hydrogen) atoms. The SMILES string of the molecule is O=C(O)c1ccc2c(c1)C[C@]1(CCCNC1=O)C2. The van der Waals surface area contributed by atoms with Crippen molar-refractivity contribution in [1.29, 1.82) is 0 Å². The Bertz CT molecular complexity index is 538. The van der Waals surface area contributed by atoms with Crippen LogP contribution in [0.2, 0.25) is 0 Å². The van der Waals surface area contributed by atoms with Crippen molar-refractivity contribution in [3.8, 4) is 0 Å². The van der Waals surface area contributed by atoms with Gasteiger partial charge in [0.2, 0.25) is 5.91 Å². The summed E-state index contributed by atoms with van der Waals surface area (Å²) in [6, 6.07) is 5.20. The molecular formula is C14H15NO3. The zero-order valence-corrected chi connectivity index (χ0v) is 10.0. The molecule has 1 aliphatic heterocycles. The summed E-state index contributed by atoms with van der Waals surface area (Å²) < 4.78 is 0. The lowest BCUT2D eigenvalue weighted by atomic mass is 9.77. The van der Waals surface area contributed by atoms with Gasteiger partial charge in [0.25, 0.3) is 0 Å². The second kappa shape index (κ2) is 3.83. The van der Waals surface area contributed by atoms with Gasteiger partial charge in [0.1, 0.15) is 0 Å². The molecule has 1 saturated heterocycles. The van der Waals surface area contributed by atoms with E-state index in [1.54, 1.807) is 12.1 Å². The highest BCUT2D eigenvalue weighted by Gasteiger charge is 2.44. The molecule has 4 nitrogen and oxygen atoms in total. The lowest BCUT2D eigenvalue weighted by Gasteiger charge is -2.31. The maximum Gasteiger partial charge on any atom is 0.335 e. The minimum atomic E-state index is -0.910. The van der Waals surface area contributed by atoms with Crippen LogP contribution in [0.25, 0.3) is 0 Å². The van der Waals surface area contributed by atoms with E-state index in [2.05, 4.69) is 5.32 Å². The van der Waals surface area contributed by atoms with Crippen molar-refractivity contribution in [3.05, 3.63) is 34.9 Å². The highest BCUT2D eigenvalue weighted by molar-refractivity contribution is 5.89. The first kappa shape index (κ1) is 11.3. The Hall–Kier alpha value is -1.84. The lowest BCUT2D eigenvalue weighted by molar-refractivity contribution is -0.133. The highest BCUT2D eigenvalue weighted by atomic mass is 16.4. The number of benzene rings is 1. The van der Waals surface area contributed by atoms with E-state index in [1.807, 2.05) is 6.07 Å². The third kappa shape index (κ3) is 1.60. The van der Waals surface area contributed by atoms with Gasteiger partial charge in [-0.3, -0.25) is 4.79 Å². The zero-order valence-electron chi connectivity index (χ0n) is 10.0. The second-order valence-electron chi connectivity index (χ2n) is 5.28. The van der Waals surface area contributed by atoms with Crippen molar-refractivity contribution in [2.45, 2.75) is 25.7 Å². The van der Waals surface area contributed by atoms with Gasteiger partial charge in [0.05, 0.1) is 11.0 Å². The predicted octanol–water partition coefficient (Wildman–Crippen LogP) is 1.38. The minimum Gasteiger partial charge on any atom is -0.478 e. The van der Waals surface area contributed by atoms with Gasteiger partial charge in [-0.15, -0.1) is 0 Å². The number of amides is 1. The number of hydrogen-bond donors (Lipinski definition) is 2. The van der Waals surface area contributed by atoms with E-state index in [9.17, 15) is 9.59 Å². The van der Waals surface area contributed by atoms with Crippen LogP contribution in [-0.4, -0.2) is 23.5 Å². The summed E-state index contributed by atoms with van der Waals surface area (Å²) in [5.74, 6) is -0.784. The van der Waals surface area contributed by atoms with Crippen molar-refractivity contribution in [2.75, 3.05) is 6.54 Å². The van der Waals surface area contributed by atoms with Gasteiger partial charge in [-0.2, -0.15) is 0 Å². The second-order valence-corrected chi connectivity index (χ2v) is 5.28. The van der Waals surface area contributed by atoms with Gasteiger partial charge in [-0.1, -0.05) is 6.07 Å². The first-order valence-corrected chi connectivity index (χ1v) is 6.24. The summed E-state index contributed by atoms with van der Waals surface area (Å²) in [5, 5.41) is 11.9. The van der Waals surface area contributed by atoms with Gasteiger partial charge >= 0.3 is 5.97 Å². The monoisotopic (exact) mass is 245 g/mol. The molecule has 3 rings (SSSR count). The maximum atomic E-state index is 12.1. The molecule has 4 heteroatoms. The zero-order chi connectivity index (χ0) is 12.8. The molecule has 2 aliphatic rings. The van der Waals surface area contributed by atoms with Crippen LogP contribution in [0.1, 0.15) is 34.3 Å². The standard InChI is InChI=1S/C14H15NO3/c16-12(17)9-2-3-10-7-14(8-11(10)6-9)4-1-5-15-13(14)18/h2-3,6H,1,4-5,7-8H2,(H,15,18)(H,16,17)/t14-/m0/s1. The Balaban J connectivity index is 1.95. The maximum absolute atomic E-state index is 12.1. The molecule has 2 N–H and O–H groups in total. The summed E-state index contributed by atoms with van der Waals surface area (Å²) in [6.07, 6.45) is 3.32. The third-order valence-corrected chi connectivity index (χ3v) is 4.11. The number of nitrogens with one attached hydrogen (secondary N) is 1. The minimum absolute atomic E-state index is 0.127. The van der Waals surface area contributed by atoms with Gasteiger partial charge in [0, 0.05) is 6.54 Å². The molecular weight excluding hydrogens is 230 g/mol. The van der Waals surface area contributed by atoms with Crippen molar-refractivity contribution in [3.63, 3.8) is 0 Å². The lowest BCUT2D eigenvalue weighted by Crippen LogP contribution is -2.46. The Morgan fingerprint density at radius 1 is 1.28 bits per heavy atom. The molecule has 0 aromatic heterocycles. The van der Waals surface area contributed by atoms with Crippen molar-refractivity contribution in [1.82, 2.24) is 5.32 Å². The summed E-state index contributed by atoms with van der Waals surface area (Å²) >= 11 is 0. The molecule has 1 spiro atoms. The van der Waals surface area contributed by atoms with Gasteiger partial charge in [-0.25, -0.2) is 4.79 Å². The molecule has 94 valence electrons. The van der Waals surface area contributed by atoms with E-state index in [-0.39, 0.29) is 11.3 Å². The Labute approximate surface area is 105 Å². The van der Waals surface area contributed by atoms with Gasteiger partial charge in [0.15, 0.2) is 0 Å². The van der Waals surface area contributed by atoms with E-state index in [0.29, 0.717) is 12.0 Å². The van der Waals surface area contributed by atoms with E-state index < -0.39 is 5.97 Å². The third-order valence-electron chi connectivity index (χ3n) is 4.11. The van der Waals surface area contributed by atoms with Crippen LogP contribution in [-0.2, 0) is 17.6 Å². The van der Waals surface area contributed by atoms with Crippen LogP contribution >= 0.6 is 0 Å². The number of carboxylic acids is 1. The fourth-order valence-corrected chi connectivity index (χ4v) is 3.15. The van der Waals surface area contributed by atoms with Crippen LogP contribution in [0.3, 0.4) is 0 Å². The molecule has 1 aromatic rings. The number of piperidine rings is 1. The van der Waals surface area contributed by atoms with Crippen LogP contribution in [0.4, 0.5) is 0 Å². The molecule has 1 amide bonds. The molecule has 1 fully saturated rings. The Morgan fingerprint density at radius 2 is 2.06 bits per heavy atom. The first-order valence-electron chi connectivity index (χ1n) is 6.24. The van der Waals surface area contributed by atoms with Crippen LogP contribution in [0, 0.1) is 5.41 Å². The summed E-state index contributed by atoms with van der Waals surface area (Å²) in [7, 11) is 0. The average Bonchev–Trinajstić information content (AvgIpc) is 2.71. The van der Waals surface area contributed by atoms with Crippen LogP contribution in [0.15, 0.2) is 18.2 Å². The van der Waals surface area contributed by atoms with Crippen LogP contribution < -0.4 is 5.32 Å². The smallest absolute Gasteiger partial charge is 0.335 e. The highest BCUT2D eigenvalue weighted by Crippen LogP contribution is 2.42. The molecule has 0 radical (unpaired) electrons. The normalized spacial score (nSPS) is 25.9. The predicted molar refractivity (Wildman–Crippen MR) is 65.5 cm³/mol. The average molecular weight is 245 g/mol. The number of carboxylic acid groups (broad SMARTS) is 1. The Kier molecular flexibility index (Phi) is 2.40. The topological polar surface area (TPSA) is 66.4 Å². The number of fused-ring (bicyclic) bond motifs is 1. The molecule has 0 bridgehead atoms. The fraction of sp³-hybridized carbons (Fsp3) is 0.429. The number of carbonyl (C=O) groups excluding carboxylic acids is 1.